The molecule has 0 radical (unpaired) electrons. The van der Waals surface area contributed by atoms with Crippen LogP contribution >= 0.6 is 11.6 Å². The van der Waals surface area contributed by atoms with Gasteiger partial charge in [-0.2, -0.15) is 15.6 Å². The Bertz CT molecular complexity index is 1250. The van der Waals surface area contributed by atoms with Gasteiger partial charge in [0.15, 0.2) is 0 Å². The maximum atomic E-state index is 10.8. The number of benzene rings is 3. The van der Waals surface area contributed by atoms with Gasteiger partial charge >= 0.3 is 0 Å². The summed E-state index contributed by atoms with van der Waals surface area (Å²) < 4.78 is 5.76. The van der Waals surface area contributed by atoms with E-state index in [0.29, 0.717) is 48.8 Å². The Kier molecular flexibility index (Phi) is 8.50. The highest BCUT2D eigenvalue weighted by Gasteiger charge is 2.10. The van der Waals surface area contributed by atoms with Gasteiger partial charge in [0.05, 0.1) is 46.3 Å². The van der Waals surface area contributed by atoms with E-state index in [9.17, 15) is 10.1 Å². The number of anilines is 1. The van der Waals surface area contributed by atoms with Gasteiger partial charge in [0.1, 0.15) is 18.0 Å². The highest BCUT2D eigenvalue weighted by atomic mass is 35.5. The Balaban J connectivity index is 1.64. The van der Waals surface area contributed by atoms with Gasteiger partial charge in [0, 0.05) is 24.4 Å². The summed E-state index contributed by atoms with van der Waals surface area (Å²) in [4.78, 5) is 12.3. The van der Waals surface area contributed by atoms with Gasteiger partial charge in [-0.25, -0.2) is 0 Å². The van der Waals surface area contributed by atoms with Crippen molar-refractivity contribution in [3.8, 4) is 17.9 Å². The molecule has 9 nitrogen and oxygen atoms in total. The average Bonchev–Trinajstić information content (AvgIpc) is 2.86. The number of nitriles is 2. The first kappa shape index (κ1) is 24.2. The second-order valence-electron chi connectivity index (χ2n) is 6.99. The third-order valence-electron chi connectivity index (χ3n) is 4.74. The minimum absolute atomic E-state index is 0.117. The van der Waals surface area contributed by atoms with Crippen LogP contribution < -0.4 is 9.64 Å². The van der Waals surface area contributed by atoms with Crippen molar-refractivity contribution in [1.29, 1.82) is 10.5 Å². The topological polar surface area (TPSA) is 128 Å². The number of azo groups is 1. The quantitative estimate of drug-likeness (QED) is 0.192. The number of ether oxygens (including phenoxy) is 1. The van der Waals surface area contributed by atoms with Crippen LogP contribution in [-0.2, 0) is 0 Å². The van der Waals surface area contributed by atoms with E-state index in [1.807, 2.05) is 17.0 Å². The van der Waals surface area contributed by atoms with Crippen LogP contribution in [0.5, 0.6) is 5.75 Å². The van der Waals surface area contributed by atoms with E-state index < -0.39 is 4.92 Å². The molecule has 0 spiro atoms. The minimum atomic E-state index is -0.529. The third kappa shape index (κ3) is 6.76. The monoisotopic (exact) mass is 474 g/mol. The van der Waals surface area contributed by atoms with Crippen LogP contribution in [0, 0.1) is 32.8 Å². The fourth-order valence-corrected chi connectivity index (χ4v) is 3.20. The zero-order chi connectivity index (χ0) is 24.3. The molecular weight excluding hydrogens is 456 g/mol. The number of hydrogen-bond donors (Lipinski definition) is 0. The van der Waals surface area contributed by atoms with Gasteiger partial charge in [0.2, 0.25) is 0 Å². The van der Waals surface area contributed by atoms with Crippen LogP contribution in [0.2, 0.25) is 5.02 Å². The van der Waals surface area contributed by atoms with E-state index in [1.54, 1.807) is 36.4 Å². The van der Waals surface area contributed by atoms with Gasteiger partial charge in [-0.3, -0.25) is 10.1 Å². The molecule has 0 aromatic heterocycles. The van der Waals surface area contributed by atoms with Crippen LogP contribution in [-0.4, -0.2) is 24.6 Å². The van der Waals surface area contributed by atoms with Gasteiger partial charge in [-0.05, 0) is 54.6 Å². The second kappa shape index (κ2) is 12.0. The summed E-state index contributed by atoms with van der Waals surface area (Å²) in [6.07, 6.45) is 0.358. The van der Waals surface area contributed by atoms with Crippen LogP contribution in [0.1, 0.15) is 12.0 Å². The SMILES string of the molecule is N#CCCN(CCOc1ccc(C#N)cc1)c1ccc(N=Nc2ccc([N+](=O)[O-])cc2Cl)cc1. The maximum absolute atomic E-state index is 10.8. The molecule has 0 saturated carbocycles. The summed E-state index contributed by atoms with van der Waals surface area (Å²) in [5.74, 6) is 0.667. The molecule has 10 heteroatoms. The molecule has 0 bridgehead atoms. The molecule has 0 fully saturated rings. The van der Waals surface area contributed by atoms with Crippen molar-refractivity contribution in [3.63, 3.8) is 0 Å². The molecule has 0 aliphatic carbocycles. The number of rotatable bonds is 10. The van der Waals surface area contributed by atoms with Crippen molar-refractivity contribution in [2.24, 2.45) is 10.2 Å². The normalized spacial score (nSPS) is 10.4. The molecule has 34 heavy (non-hydrogen) atoms. The molecule has 0 amide bonds. The van der Waals surface area contributed by atoms with E-state index in [-0.39, 0.29) is 10.7 Å². The number of hydrogen-bond acceptors (Lipinski definition) is 8. The smallest absolute Gasteiger partial charge is 0.271 e. The molecule has 3 aromatic carbocycles. The largest absolute Gasteiger partial charge is 0.492 e. The molecule has 0 saturated heterocycles. The summed E-state index contributed by atoms with van der Waals surface area (Å²) in [7, 11) is 0. The molecule has 3 aromatic rings. The van der Waals surface area contributed by atoms with Gasteiger partial charge in [-0.1, -0.05) is 11.6 Å². The van der Waals surface area contributed by atoms with Gasteiger partial charge in [-0.15, -0.1) is 5.11 Å². The lowest BCUT2D eigenvalue weighted by Gasteiger charge is -2.24. The number of non-ortho nitro benzene ring substituents is 1. The Morgan fingerprint density at radius 1 is 1.00 bits per heavy atom. The highest BCUT2D eigenvalue weighted by Crippen LogP contribution is 2.30. The Labute approximate surface area is 201 Å². The molecule has 0 aliphatic rings. The van der Waals surface area contributed by atoms with E-state index in [0.717, 1.165) is 5.69 Å². The molecule has 0 N–H and O–H groups in total. The second-order valence-corrected chi connectivity index (χ2v) is 7.40. The summed E-state index contributed by atoms with van der Waals surface area (Å²) in [6.45, 7) is 1.49. The predicted octanol–water partition coefficient (Wildman–Crippen LogP) is 6.33. The third-order valence-corrected chi connectivity index (χ3v) is 5.04. The van der Waals surface area contributed by atoms with E-state index in [1.165, 1.54) is 18.2 Å². The van der Waals surface area contributed by atoms with E-state index in [2.05, 4.69) is 22.4 Å². The van der Waals surface area contributed by atoms with Crippen molar-refractivity contribution in [3.05, 3.63) is 87.4 Å². The Morgan fingerprint density at radius 2 is 1.74 bits per heavy atom. The van der Waals surface area contributed by atoms with Crippen LogP contribution in [0.4, 0.5) is 22.7 Å². The van der Waals surface area contributed by atoms with Crippen molar-refractivity contribution >= 4 is 34.4 Å². The van der Waals surface area contributed by atoms with E-state index in [4.69, 9.17) is 26.9 Å². The molecule has 3 rings (SSSR count). The van der Waals surface area contributed by atoms with E-state index >= 15 is 0 Å². The number of halogens is 1. The van der Waals surface area contributed by atoms with Crippen LogP contribution in [0.3, 0.4) is 0 Å². The molecule has 0 atom stereocenters. The fourth-order valence-electron chi connectivity index (χ4n) is 2.99. The zero-order valence-corrected chi connectivity index (χ0v) is 18.7. The fraction of sp³-hybridized carbons (Fsp3) is 0.167. The Hall–Kier alpha value is -4.47. The molecule has 0 unspecified atom stereocenters. The van der Waals surface area contributed by atoms with Crippen molar-refractivity contribution in [2.45, 2.75) is 6.42 Å². The first-order valence-corrected chi connectivity index (χ1v) is 10.6. The van der Waals surface area contributed by atoms with Gasteiger partial charge < -0.3 is 9.64 Å². The first-order valence-electron chi connectivity index (χ1n) is 10.2. The highest BCUT2D eigenvalue weighted by molar-refractivity contribution is 6.33. The summed E-state index contributed by atoms with van der Waals surface area (Å²) >= 11 is 6.05. The molecule has 170 valence electrons. The number of nitro groups is 1. The zero-order valence-electron chi connectivity index (χ0n) is 18.0. The Morgan fingerprint density at radius 3 is 2.35 bits per heavy atom. The van der Waals surface area contributed by atoms with Crippen molar-refractivity contribution in [2.75, 3.05) is 24.6 Å². The molecular formula is C24H19ClN6O3. The average molecular weight is 475 g/mol. The van der Waals surface area contributed by atoms with Crippen molar-refractivity contribution < 1.29 is 9.66 Å². The lowest BCUT2D eigenvalue weighted by atomic mass is 10.2. The predicted molar refractivity (Wildman–Crippen MR) is 128 cm³/mol. The summed E-state index contributed by atoms with van der Waals surface area (Å²) in [6, 6.07) is 22.4. The lowest BCUT2D eigenvalue weighted by Crippen LogP contribution is -2.29. The number of nitrogens with zero attached hydrogens (tertiary/aromatic N) is 6. The minimum Gasteiger partial charge on any atom is -0.492 e. The van der Waals surface area contributed by atoms with Crippen LogP contribution in [0.15, 0.2) is 77.0 Å². The molecule has 0 heterocycles. The molecule has 0 aliphatic heterocycles. The summed E-state index contributed by atoms with van der Waals surface area (Å²) in [5.41, 5.74) is 2.25. The van der Waals surface area contributed by atoms with Gasteiger partial charge in [0.25, 0.3) is 5.69 Å². The standard InChI is InChI=1S/C24H19ClN6O3/c25-23-16-21(31(32)33)8-11-24(23)29-28-19-4-6-20(7-5-19)30(13-1-12-26)14-15-34-22-9-2-18(17-27)3-10-22/h2-11,16H,1,13-15H2. The summed E-state index contributed by atoms with van der Waals surface area (Å²) in [5, 5.41) is 37.0. The van der Waals surface area contributed by atoms with Crippen molar-refractivity contribution in [1.82, 2.24) is 0 Å². The first-order chi connectivity index (χ1) is 16.5. The lowest BCUT2D eigenvalue weighted by molar-refractivity contribution is -0.384. The van der Waals surface area contributed by atoms with Crippen LogP contribution in [0.25, 0.3) is 0 Å². The maximum Gasteiger partial charge on any atom is 0.271 e. The number of nitro benzene ring substituents is 1.